The largest absolute Gasteiger partial charge is 0.509 e. The van der Waals surface area contributed by atoms with E-state index in [9.17, 15) is 4.79 Å². The summed E-state index contributed by atoms with van der Waals surface area (Å²) in [5.74, 6) is 0. The van der Waals surface area contributed by atoms with Gasteiger partial charge in [-0.15, -0.1) is 0 Å². The van der Waals surface area contributed by atoms with E-state index in [1.54, 1.807) is 0 Å². The quantitative estimate of drug-likeness (QED) is 0.489. The number of ether oxygens (including phenoxy) is 5. The van der Waals surface area contributed by atoms with Crippen molar-refractivity contribution in [2.24, 2.45) is 21.7 Å². The van der Waals surface area contributed by atoms with Crippen molar-refractivity contribution in [1.82, 2.24) is 0 Å². The van der Waals surface area contributed by atoms with Crippen molar-refractivity contribution in [3.63, 3.8) is 0 Å². The zero-order valence-electron chi connectivity index (χ0n) is 21.5. The van der Waals surface area contributed by atoms with Crippen molar-refractivity contribution in [3.05, 3.63) is 0 Å². The second-order valence-corrected chi connectivity index (χ2v) is 12.6. The first kappa shape index (κ1) is 27.2. The molecule has 0 bridgehead atoms. The third-order valence-electron chi connectivity index (χ3n) is 5.23. The summed E-state index contributed by atoms with van der Waals surface area (Å²) in [7, 11) is 0. The minimum atomic E-state index is -0.537. The molecule has 30 heavy (non-hydrogen) atoms. The first-order valence-electron chi connectivity index (χ1n) is 11.1. The van der Waals surface area contributed by atoms with E-state index >= 15 is 0 Å². The Morgan fingerprint density at radius 1 is 0.633 bits per heavy atom. The number of hydrogen-bond donors (Lipinski definition) is 0. The average Bonchev–Trinajstić information content (AvgIpc) is 3.10. The second kappa shape index (κ2) is 9.33. The highest BCUT2D eigenvalue weighted by Gasteiger charge is 2.50. The van der Waals surface area contributed by atoms with E-state index in [2.05, 4.69) is 83.1 Å². The molecule has 0 amide bonds. The van der Waals surface area contributed by atoms with Crippen LogP contribution in [0.25, 0.3) is 0 Å². The van der Waals surface area contributed by atoms with Gasteiger partial charge in [0.25, 0.3) is 6.48 Å². The monoisotopic (exact) mass is 430 g/mol. The summed E-state index contributed by atoms with van der Waals surface area (Å²) in [5.41, 5.74) is -0.0399. The van der Waals surface area contributed by atoms with Crippen LogP contribution in [-0.4, -0.2) is 43.7 Å². The molecule has 0 unspecified atom stereocenters. The summed E-state index contributed by atoms with van der Waals surface area (Å²) in [4.78, 5) is 11.1. The van der Waals surface area contributed by atoms with Gasteiger partial charge in [-0.1, -0.05) is 83.1 Å². The number of hydrogen-bond acceptors (Lipinski definition) is 6. The predicted octanol–water partition coefficient (Wildman–Crippen LogP) is 6.17. The van der Waals surface area contributed by atoms with Crippen molar-refractivity contribution in [2.75, 3.05) is 6.61 Å². The first-order chi connectivity index (χ1) is 13.3. The van der Waals surface area contributed by atoms with Crippen LogP contribution >= 0.6 is 0 Å². The van der Waals surface area contributed by atoms with E-state index in [1.807, 2.05) is 6.92 Å². The molecule has 4 atom stereocenters. The molecule has 0 N–H and O–H groups in total. The van der Waals surface area contributed by atoms with Gasteiger partial charge in [0, 0.05) is 17.4 Å². The van der Waals surface area contributed by atoms with Gasteiger partial charge >= 0.3 is 6.16 Å². The topological polar surface area (TPSA) is 63.2 Å². The molecule has 0 aromatic rings. The third kappa shape index (κ3) is 7.38. The van der Waals surface area contributed by atoms with Gasteiger partial charge in [-0.05, 0) is 17.8 Å². The van der Waals surface area contributed by atoms with Crippen LogP contribution in [0.1, 0.15) is 90.0 Å². The Morgan fingerprint density at radius 2 is 0.933 bits per heavy atom. The van der Waals surface area contributed by atoms with Gasteiger partial charge in [0.15, 0.2) is 0 Å². The SMILES string of the molecule is CC(C)(C)[C@@H]1OC(=O)O[C@@H]1C(C)(C)C.CCOC1O[C@@H](C(C)(C)C)[C@H](C(C)(C)C)O1. The number of rotatable bonds is 2. The molecule has 0 spiro atoms. The highest BCUT2D eigenvalue weighted by atomic mass is 16.9. The molecule has 6 nitrogen and oxygen atoms in total. The van der Waals surface area contributed by atoms with Gasteiger partial charge in [0.1, 0.15) is 12.2 Å². The van der Waals surface area contributed by atoms with Crippen LogP contribution in [-0.2, 0) is 23.7 Å². The first-order valence-corrected chi connectivity index (χ1v) is 11.1. The molecule has 0 aromatic carbocycles. The lowest BCUT2D eigenvalue weighted by Crippen LogP contribution is -2.42. The fourth-order valence-electron chi connectivity index (χ4n) is 3.57. The van der Waals surface area contributed by atoms with Gasteiger partial charge in [-0.25, -0.2) is 4.79 Å². The van der Waals surface area contributed by atoms with Crippen LogP contribution in [0, 0.1) is 21.7 Å². The summed E-state index contributed by atoms with van der Waals surface area (Å²) < 4.78 is 27.5. The predicted molar refractivity (Wildman–Crippen MR) is 118 cm³/mol. The summed E-state index contributed by atoms with van der Waals surface area (Å²) in [6.07, 6.45) is -0.706. The fraction of sp³-hybridized carbons (Fsp3) is 0.958. The van der Waals surface area contributed by atoms with E-state index in [1.165, 1.54) is 0 Å². The van der Waals surface area contributed by atoms with Gasteiger partial charge in [0.2, 0.25) is 0 Å². The maximum Gasteiger partial charge on any atom is 0.509 e. The van der Waals surface area contributed by atoms with Crippen LogP contribution < -0.4 is 0 Å². The number of cyclic esters (lactones) is 2. The van der Waals surface area contributed by atoms with Crippen LogP contribution in [0.5, 0.6) is 0 Å². The Labute approximate surface area is 184 Å². The highest BCUT2D eigenvalue weighted by Crippen LogP contribution is 2.41. The molecular weight excluding hydrogens is 384 g/mol. The van der Waals surface area contributed by atoms with Crippen LogP contribution in [0.2, 0.25) is 0 Å². The van der Waals surface area contributed by atoms with E-state index in [4.69, 9.17) is 23.7 Å². The van der Waals surface area contributed by atoms with Crippen LogP contribution in [0.15, 0.2) is 0 Å². The molecule has 0 aliphatic carbocycles. The van der Waals surface area contributed by atoms with Gasteiger partial charge in [0.05, 0.1) is 12.2 Å². The van der Waals surface area contributed by atoms with Crippen molar-refractivity contribution < 1.29 is 28.5 Å². The lowest BCUT2D eigenvalue weighted by Gasteiger charge is -2.36. The molecule has 0 radical (unpaired) electrons. The lowest BCUT2D eigenvalue weighted by atomic mass is 9.76. The Bertz CT molecular complexity index is 512. The van der Waals surface area contributed by atoms with Gasteiger partial charge < -0.3 is 23.7 Å². The Kier molecular flexibility index (Phi) is 8.46. The average molecular weight is 431 g/mol. The molecule has 2 fully saturated rings. The molecule has 0 saturated carbocycles. The molecule has 0 aromatic heterocycles. The van der Waals surface area contributed by atoms with E-state index in [0.717, 1.165) is 0 Å². The van der Waals surface area contributed by atoms with E-state index in [-0.39, 0.29) is 46.1 Å². The Balaban J connectivity index is 0.000000303. The Morgan fingerprint density at radius 3 is 1.17 bits per heavy atom. The van der Waals surface area contributed by atoms with Crippen LogP contribution in [0.4, 0.5) is 4.79 Å². The molecule has 2 heterocycles. The number of carbonyl (C=O) groups excluding carboxylic acids is 1. The molecule has 2 aliphatic rings. The molecule has 2 aliphatic heterocycles. The minimum absolute atomic E-state index is 0.0593. The van der Waals surface area contributed by atoms with Crippen molar-refractivity contribution in [2.45, 2.75) is 121 Å². The maximum atomic E-state index is 11.1. The van der Waals surface area contributed by atoms with Crippen molar-refractivity contribution in [3.8, 4) is 0 Å². The summed E-state index contributed by atoms with van der Waals surface area (Å²) in [6.45, 7) is 27.4. The van der Waals surface area contributed by atoms with Gasteiger partial charge in [-0.2, -0.15) is 0 Å². The third-order valence-corrected chi connectivity index (χ3v) is 5.23. The maximum absolute atomic E-state index is 11.1. The standard InChI is InChI=1S/C13H26O3.C11H20O3/c1-8-14-11-15-9(12(2,3)4)10(16-11)13(5,6)7;1-10(2,3)7-8(11(4,5)6)14-9(12)13-7/h9-11H,8H2,1-7H3;7-8H,1-6H3/t9-,10-;7-,8+/m1./s1. The minimum Gasteiger partial charge on any atom is -0.426 e. The van der Waals surface area contributed by atoms with E-state index in [0.29, 0.717) is 6.61 Å². The highest BCUT2D eigenvalue weighted by molar-refractivity contribution is 5.62. The number of carbonyl (C=O) groups is 1. The second-order valence-electron chi connectivity index (χ2n) is 12.6. The molecular formula is C24H46O6. The fourth-order valence-corrected chi connectivity index (χ4v) is 3.57. The molecule has 178 valence electrons. The summed E-state index contributed by atoms with van der Waals surface area (Å²) in [6, 6.07) is 0. The smallest absolute Gasteiger partial charge is 0.426 e. The molecule has 2 rings (SSSR count). The normalized spacial score (nSPS) is 28.6. The summed E-state index contributed by atoms with van der Waals surface area (Å²) >= 11 is 0. The molecule has 6 heteroatoms. The lowest BCUT2D eigenvalue weighted by molar-refractivity contribution is -0.247. The van der Waals surface area contributed by atoms with E-state index < -0.39 is 12.6 Å². The van der Waals surface area contributed by atoms with Gasteiger partial charge in [-0.3, -0.25) is 0 Å². The zero-order valence-corrected chi connectivity index (χ0v) is 21.5. The zero-order chi connectivity index (χ0) is 23.7. The Hall–Kier alpha value is -0.850. The van der Waals surface area contributed by atoms with Crippen molar-refractivity contribution in [1.29, 1.82) is 0 Å². The molecule has 2 saturated heterocycles. The van der Waals surface area contributed by atoms with Crippen LogP contribution in [0.3, 0.4) is 0 Å². The summed E-state index contributed by atoms with van der Waals surface area (Å²) in [5, 5.41) is 0. The van der Waals surface area contributed by atoms with Crippen molar-refractivity contribution >= 4 is 6.16 Å².